The van der Waals surface area contributed by atoms with E-state index in [0.29, 0.717) is 21.5 Å². The van der Waals surface area contributed by atoms with Crippen molar-refractivity contribution < 1.29 is 14.3 Å². The van der Waals surface area contributed by atoms with Crippen LogP contribution in [0.25, 0.3) is 0 Å². The number of benzene rings is 1. The van der Waals surface area contributed by atoms with Crippen molar-refractivity contribution in [2.24, 2.45) is 0 Å². The monoisotopic (exact) mass is 297 g/mol. The summed E-state index contributed by atoms with van der Waals surface area (Å²) in [6, 6.07) is 9.92. The second kappa shape index (κ2) is 5.85. The van der Waals surface area contributed by atoms with E-state index in [2.05, 4.69) is 10.6 Å². The Morgan fingerprint density at radius 2 is 1.77 bits per heavy atom. The number of rotatable bonds is 4. The van der Waals surface area contributed by atoms with Gasteiger partial charge in [0.25, 0.3) is 11.8 Å². The molecule has 2 amide bonds. The average molecular weight is 297 g/mol. The fraction of sp³-hybridized carbons (Fsp3) is 0.188. The lowest BCUT2D eigenvalue weighted by atomic mass is 10.1. The second-order valence-corrected chi connectivity index (χ2v) is 5.23. The summed E-state index contributed by atoms with van der Waals surface area (Å²) in [5, 5.41) is 16.6. The summed E-state index contributed by atoms with van der Waals surface area (Å²) < 4.78 is 0.611. The van der Waals surface area contributed by atoms with Gasteiger partial charge in [-0.15, -0.1) is 0 Å². The molecule has 1 aromatic heterocycles. The summed E-state index contributed by atoms with van der Waals surface area (Å²) in [4.78, 5) is 24.1. The van der Waals surface area contributed by atoms with Gasteiger partial charge in [0.1, 0.15) is 0 Å². The van der Waals surface area contributed by atoms with Crippen LogP contribution in [0.3, 0.4) is 0 Å². The number of hydrogen-bond donors (Lipinski definition) is 2. The van der Waals surface area contributed by atoms with Gasteiger partial charge in [0.05, 0.1) is 5.56 Å². The van der Waals surface area contributed by atoms with E-state index in [9.17, 15) is 14.8 Å². The van der Waals surface area contributed by atoms with Gasteiger partial charge >= 0.3 is 0 Å². The first-order valence-electron chi connectivity index (χ1n) is 7.03. The molecule has 6 heteroatoms. The van der Waals surface area contributed by atoms with Crippen molar-refractivity contribution in [2.75, 3.05) is 5.32 Å². The molecule has 0 bridgehead atoms. The van der Waals surface area contributed by atoms with Crippen LogP contribution in [0.2, 0.25) is 0 Å². The first-order valence-corrected chi connectivity index (χ1v) is 7.03. The number of nitrogens with zero attached hydrogens (tertiary/aromatic N) is 1. The van der Waals surface area contributed by atoms with Crippen LogP contribution in [0.4, 0.5) is 5.69 Å². The molecule has 112 valence electrons. The Balaban J connectivity index is 1.70. The molecule has 0 atom stereocenters. The van der Waals surface area contributed by atoms with Gasteiger partial charge in [0.2, 0.25) is 0 Å². The molecule has 1 aromatic carbocycles. The fourth-order valence-electron chi connectivity index (χ4n) is 2.00. The molecule has 3 rings (SSSR count). The maximum absolute atomic E-state index is 12.1. The van der Waals surface area contributed by atoms with Crippen molar-refractivity contribution in [2.45, 2.75) is 18.9 Å². The normalized spacial score (nSPS) is 13.5. The molecule has 0 radical (unpaired) electrons. The molecule has 1 fully saturated rings. The number of nitrogens with one attached hydrogen (secondary N) is 2. The van der Waals surface area contributed by atoms with Crippen LogP contribution in [0.15, 0.2) is 48.8 Å². The van der Waals surface area contributed by atoms with Crippen molar-refractivity contribution in [1.82, 2.24) is 5.32 Å². The van der Waals surface area contributed by atoms with Gasteiger partial charge in [-0.05, 0) is 31.0 Å². The van der Waals surface area contributed by atoms with Gasteiger partial charge in [0.15, 0.2) is 12.4 Å². The Kier molecular flexibility index (Phi) is 3.74. The van der Waals surface area contributed by atoms with Gasteiger partial charge in [-0.2, -0.15) is 4.73 Å². The minimum Gasteiger partial charge on any atom is -0.619 e. The van der Waals surface area contributed by atoms with Gasteiger partial charge in [-0.25, -0.2) is 0 Å². The van der Waals surface area contributed by atoms with Gasteiger partial charge in [0, 0.05) is 29.4 Å². The van der Waals surface area contributed by atoms with Gasteiger partial charge in [-0.3, -0.25) is 9.59 Å². The second-order valence-electron chi connectivity index (χ2n) is 5.23. The van der Waals surface area contributed by atoms with Crippen molar-refractivity contribution in [3.63, 3.8) is 0 Å². The number of aromatic nitrogens is 1. The standard InChI is InChI=1S/C16H15N3O3/c20-15(11-6-8-19(22)9-7-11)18-14-3-1-2-12(10-14)16(21)17-13-4-5-13/h1-3,6-10,13H,4-5H2,(H,17,21)(H,18,20). The van der Waals surface area contributed by atoms with E-state index < -0.39 is 0 Å². The van der Waals surface area contributed by atoms with E-state index in [-0.39, 0.29) is 17.9 Å². The summed E-state index contributed by atoms with van der Waals surface area (Å²) >= 11 is 0. The van der Waals surface area contributed by atoms with Crippen LogP contribution in [0, 0.1) is 5.21 Å². The van der Waals surface area contributed by atoms with E-state index in [1.54, 1.807) is 24.3 Å². The van der Waals surface area contributed by atoms with E-state index in [4.69, 9.17) is 0 Å². The summed E-state index contributed by atoms with van der Waals surface area (Å²) in [5.74, 6) is -0.467. The summed E-state index contributed by atoms with van der Waals surface area (Å²) in [7, 11) is 0. The zero-order valence-corrected chi connectivity index (χ0v) is 11.8. The van der Waals surface area contributed by atoms with Crippen molar-refractivity contribution in [1.29, 1.82) is 0 Å². The van der Waals surface area contributed by atoms with Crippen molar-refractivity contribution in [3.8, 4) is 0 Å². The highest BCUT2D eigenvalue weighted by atomic mass is 16.5. The first-order chi connectivity index (χ1) is 10.6. The van der Waals surface area contributed by atoms with Crippen LogP contribution in [-0.4, -0.2) is 17.9 Å². The number of carbonyl (C=O) groups excluding carboxylic acids is 2. The van der Waals surface area contributed by atoms with Crippen LogP contribution in [-0.2, 0) is 0 Å². The lowest BCUT2D eigenvalue weighted by Crippen LogP contribution is -2.26. The van der Waals surface area contributed by atoms with E-state index in [1.165, 1.54) is 24.5 Å². The van der Waals surface area contributed by atoms with E-state index >= 15 is 0 Å². The maximum Gasteiger partial charge on any atom is 0.256 e. The molecule has 2 N–H and O–H groups in total. The third kappa shape index (κ3) is 3.41. The summed E-state index contributed by atoms with van der Waals surface area (Å²) in [6.45, 7) is 0. The third-order valence-corrected chi connectivity index (χ3v) is 3.36. The highest BCUT2D eigenvalue weighted by molar-refractivity contribution is 6.05. The Labute approximate surface area is 127 Å². The topological polar surface area (TPSA) is 85.1 Å². The molecule has 22 heavy (non-hydrogen) atoms. The Morgan fingerprint density at radius 1 is 1.05 bits per heavy atom. The molecule has 1 aliphatic carbocycles. The first kappa shape index (κ1) is 14.1. The van der Waals surface area contributed by atoms with Gasteiger partial charge in [-0.1, -0.05) is 6.07 Å². The lowest BCUT2D eigenvalue weighted by Gasteiger charge is -2.08. The minimum absolute atomic E-state index is 0.134. The zero-order chi connectivity index (χ0) is 15.5. The number of amides is 2. The number of pyridine rings is 1. The van der Waals surface area contributed by atoms with Gasteiger partial charge < -0.3 is 15.8 Å². The zero-order valence-electron chi connectivity index (χ0n) is 11.8. The molecular weight excluding hydrogens is 282 g/mol. The Morgan fingerprint density at radius 3 is 2.45 bits per heavy atom. The minimum atomic E-state index is -0.333. The summed E-state index contributed by atoms with van der Waals surface area (Å²) in [6.07, 6.45) is 4.56. The molecule has 0 unspecified atom stereocenters. The predicted molar refractivity (Wildman–Crippen MR) is 80.3 cm³/mol. The molecule has 0 saturated heterocycles. The van der Waals surface area contributed by atoms with E-state index in [1.807, 2.05) is 0 Å². The molecule has 1 aliphatic rings. The van der Waals surface area contributed by atoms with Crippen molar-refractivity contribution >= 4 is 17.5 Å². The highest BCUT2D eigenvalue weighted by Gasteiger charge is 2.23. The molecule has 6 nitrogen and oxygen atoms in total. The third-order valence-electron chi connectivity index (χ3n) is 3.36. The number of carbonyl (C=O) groups is 2. The molecular formula is C16H15N3O3. The average Bonchev–Trinajstić information content (AvgIpc) is 3.32. The van der Waals surface area contributed by atoms with E-state index in [0.717, 1.165) is 12.8 Å². The van der Waals surface area contributed by atoms with Crippen LogP contribution in [0.5, 0.6) is 0 Å². The quantitative estimate of drug-likeness (QED) is 0.662. The fourth-order valence-corrected chi connectivity index (χ4v) is 2.00. The number of hydrogen-bond acceptors (Lipinski definition) is 3. The van der Waals surface area contributed by atoms with Crippen LogP contribution >= 0.6 is 0 Å². The molecule has 1 saturated carbocycles. The lowest BCUT2D eigenvalue weighted by molar-refractivity contribution is -0.605. The van der Waals surface area contributed by atoms with Crippen molar-refractivity contribution in [3.05, 3.63) is 65.1 Å². The Bertz CT molecular complexity index is 709. The largest absolute Gasteiger partial charge is 0.619 e. The number of anilines is 1. The maximum atomic E-state index is 12.1. The SMILES string of the molecule is O=C(Nc1cccc(C(=O)NC2CC2)c1)c1cc[n+]([O-])cc1. The van der Waals surface area contributed by atoms with Crippen LogP contribution in [0.1, 0.15) is 33.6 Å². The van der Waals surface area contributed by atoms with Crippen LogP contribution < -0.4 is 15.4 Å². The molecule has 0 aliphatic heterocycles. The molecule has 0 spiro atoms. The predicted octanol–water partition coefficient (Wildman–Crippen LogP) is 1.46. The highest BCUT2D eigenvalue weighted by Crippen LogP contribution is 2.20. The molecule has 2 aromatic rings. The smallest absolute Gasteiger partial charge is 0.256 e. The summed E-state index contributed by atoms with van der Waals surface area (Å²) in [5.41, 5.74) is 1.42. The molecule has 1 heterocycles. The Hall–Kier alpha value is -2.89.